The summed E-state index contributed by atoms with van der Waals surface area (Å²) in [7, 11) is 1.70. The van der Waals surface area contributed by atoms with Gasteiger partial charge in [0.1, 0.15) is 5.75 Å². The highest BCUT2D eigenvalue weighted by molar-refractivity contribution is 7.71. The van der Waals surface area contributed by atoms with Crippen LogP contribution < -0.4 is 4.74 Å². The first-order valence-corrected chi connectivity index (χ1v) is 7.22. The maximum Gasteiger partial charge on any atom is 0.178 e. The first kappa shape index (κ1) is 12.7. The molecule has 2 aromatic rings. The Bertz CT molecular complexity index is 668. The predicted molar refractivity (Wildman–Crippen MR) is 80.3 cm³/mol. The fourth-order valence-corrected chi connectivity index (χ4v) is 3.66. The summed E-state index contributed by atoms with van der Waals surface area (Å²) in [5.74, 6) is 0.881. The SMILES string of the molecule is COc1ccc2[nH]c(=S)n(C3CCCC3(C)C)c2c1. The molecule has 3 rings (SSSR count). The fourth-order valence-electron chi connectivity index (χ4n) is 3.32. The fraction of sp³-hybridized carbons (Fsp3) is 0.533. The first-order chi connectivity index (χ1) is 9.03. The molecule has 1 fully saturated rings. The summed E-state index contributed by atoms with van der Waals surface area (Å²) < 4.78 is 8.45. The summed E-state index contributed by atoms with van der Waals surface area (Å²) >= 11 is 5.54. The Hall–Kier alpha value is -1.29. The molecule has 0 bridgehead atoms. The molecule has 1 saturated carbocycles. The maximum absolute atomic E-state index is 5.54. The van der Waals surface area contributed by atoms with E-state index in [4.69, 9.17) is 17.0 Å². The first-order valence-electron chi connectivity index (χ1n) is 6.81. The number of imidazole rings is 1. The molecule has 0 saturated heterocycles. The average Bonchev–Trinajstić information content (AvgIpc) is 2.86. The normalized spacial score (nSPS) is 21.9. The molecule has 0 amide bonds. The lowest BCUT2D eigenvalue weighted by Crippen LogP contribution is -2.21. The van der Waals surface area contributed by atoms with Gasteiger partial charge in [-0.2, -0.15) is 0 Å². The Morgan fingerprint density at radius 2 is 2.21 bits per heavy atom. The van der Waals surface area contributed by atoms with Crippen molar-refractivity contribution in [2.45, 2.75) is 39.2 Å². The molecule has 1 aliphatic rings. The third-order valence-electron chi connectivity index (χ3n) is 4.44. The summed E-state index contributed by atoms with van der Waals surface area (Å²) in [6, 6.07) is 6.57. The van der Waals surface area contributed by atoms with Crippen molar-refractivity contribution in [3.8, 4) is 5.75 Å². The van der Waals surface area contributed by atoms with Crippen molar-refractivity contribution < 1.29 is 4.74 Å². The number of benzene rings is 1. The third kappa shape index (κ3) is 1.98. The topological polar surface area (TPSA) is 29.9 Å². The molecule has 1 aromatic heterocycles. The van der Waals surface area contributed by atoms with Crippen molar-refractivity contribution in [1.29, 1.82) is 0 Å². The van der Waals surface area contributed by atoms with E-state index in [1.54, 1.807) is 7.11 Å². The number of nitrogens with zero attached hydrogens (tertiary/aromatic N) is 1. The van der Waals surface area contributed by atoms with Crippen molar-refractivity contribution in [3.63, 3.8) is 0 Å². The van der Waals surface area contributed by atoms with Gasteiger partial charge in [-0.15, -0.1) is 0 Å². The van der Waals surface area contributed by atoms with Crippen LogP contribution in [0.4, 0.5) is 0 Å². The number of nitrogens with one attached hydrogen (secondary N) is 1. The van der Waals surface area contributed by atoms with Crippen molar-refractivity contribution in [2.24, 2.45) is 5.41 Å². The lowest BCUT2D eigenvalue weighted by molar-refractivity contribution is 0.263. The van der Waals surface area contributed by atoms with Crippen LogP contribution in [-0.2, 0) is 0 Å². The number of ether oxygens (including phenoxy) is 1. The van der Waals surface area contributed by atoms with E-state index in [2.05, 4.69) is 29.5 Å². The smallest absolute Gasteiger partial charge is 0.178 e. The molecular weight excluding hydrogens is 256 g/mol. The molecule has 3 nitrogen and oxygen atoms in total. The number of rotatable bonds is 2. The number of hydrogen-bond donors (Lipinski definition) is 1. The lowest BCUT2D eigenvalue weighted by Gasteiger charge is -2.28. The molecule has 1 N–H and O–H groups in total. The molecule has 0 spiro atoms. The van der Waals surface area contributed by atoms with Crippen LogP contribution in [0.2, 0.25) is 0 Å². The van der Waals surface area contributed by atoms with Gasteiger partial charge in [-0.1, -0.05) is 20.3 Å². The molecule has 0 aliphatic heterocycles. The minimum Gasteiger partial charge on any atom is -0.497 e. The molecule has 1 aromatic carbocycles. The number of fused-ring (bicyclic) bond motifs is 1. The zero-order valence-corrected chi connectivity index (χ0v) is 12.5. The van der Waals surface area contributed by atoms with Gasteiger partial charge in [-0.3, -0.25) is 0 Å². The second-order valence-electron chi connectivity index (χ2n) is 6.08. The zero-order chi connectivity index (χ0) is 13.6. The third-order valence-corrected chi connectivity index (χ3v) is 4.74. The zero-order valence-electron chi connectivity index (χ0n) is 11.7. The second-order valence-corrected chi connectivity index (χ2v) is 6.47. The summed E-state index contributed by atoms with van der Waals surface area (Å²) in [5, 5.41) is 0. The van der Waals surface area contributed by atoms with E-state index in [9.17, 15) is 0 Å². The van der Waals surface area contributed by atoms with Crippen LogP contribution in [0.3, 0.4) is 0 Å². The molecule has 4 heteroatoms. The Morgan fingerprint density at radius 3 is 2.84 bits per heavy atom. The molecule has 1 aliphatic carbocycles. The molecule has 102 valence electrons. The largest absolute Gasteiger partial charge is 0.497 e. The number of methoxy groups -OCH3 is 1. The van der Waals surface area contributed by atoms with Gasteiger partial charge in [-0.05, 0) is 42.6 Å². The monoisotopic (exact) mass is 276 g/mol. The van der Waals surface area contributed by atoms with E-state index >= 15 is 0 Å². The number of aromatic nitrogens is 2. The second kappa shape index (κ2) is 4.37. The average molecular weight is 276 g/mol. The minimum atomic E-state index is 0.302. The van der Waals surface area contributed by atoms with Crippen LogP contribution in [0.15, 0.2) is 18.2 Å². The molecule has 0 radical (unpaired) electrons. The van der Waals surface area contributed by atoms with Crippen molar-refractivity contribution in [2.75, 3.05) is 7.11 Å². The van der Waals surface area contributed by atoms with E-state index in [1.165, 1.54) is 19.3 Å². The van der Waals surface area contributed by atoms with E-state index < -0.39 is 0 Å². The van der Waals surface area contributed by atoms with E-state index in [-0.39, 0.29) is 0 Å². The number of aromatic amines is 1. The highest BCUT2D eigenvalue weighted by atomic mass is 32.1. The van der Waals surface area contributed by atoms with Gasteiger partial charge in [0, 0.05) is 12.1 Å². The van der Waals surface area contributed by atoms with Crippen LogP contribution in [0.5, 0.6) is 5.75 Å². The van der Waals surface area contributed by atoms with E-state index in [0.717, 1.165) is 21.6 Å². The van der Waals surface area contributed by atoms with Crippen LogP contribution in [0, 0.1) is 10.2 Å². The molecular formula is C15H20N2OS. The maximum atomic E-state index is 5.54. The van der Waals surface area contributed by atoms with Gasteiger partial charge < -0.3 is 14.3 Å². The summed E-state index contributed by atoms with van der Waals surface area (Å²) in [6.07, 6.45) is 3.73. The van der Waals surface area contributed by atoms with Crippen LogP contribution >= 0.6 is 12.2 Å². The minimum absolute atomic E-state index is 0.302. The highest BCUT2D eigenvalue weighted by Crippen LogP contribution is 2.47. The molecule has 1 heterocycles. The molecule has 1 atom stereocenters. The summed E-state index contributed by atoms with van der Waals surface area (Å²) in [5.41, 5.74) is 2.55. The van der Waals surface area contributed by atoms with Gasteiger partial charge in [-0.25, -0.2) is 0 Å². The van der Waals surface area contributed by atoms with Crippen molar-refractivity contribution >= 4 is 23.3 Å². The van der Waals surface area contributed by atoms with Gasteiger partial charge in [0.25, 0.3) is 0 Å². The quantitative estimate of drug-likeness (QED) is 0.821. The highest BCUT2D eigenvalue weighted by Gasteiger charge is 2.36. The molecule has 19 heavy (non-hydrogen) atoms. The lowest BCUT2D eigenvalue weighted by atomic mass is 9.87. The van der Waals surface area contributed by atoms with Gasteiger partial charge in [0.15, 0.2) is 4.77 Å². The Kier molecular flexibility index (Phi) is 2.93. The van der Waals surface area contributed by atoms with Crippen LogP contribution in [-0.4, -0.2) is 16.7 Å². The van der Waals surface area contributed by atoms with Crippen LogP contribution in [0.25, 0.3) is 11.0 Å². The number of H-pyrrole nitrogens is 1. The van der Waals surface area contributed by atoms with E-state index in [0.29, 0.717) is 11.5 Å². The van der Waals surface area contributed by atoms with Gasteiger partial charge in [0.05, 0.1) is 18.1 Å². The summed E-state index contributed by atoms with van der Waals surface area (Å²) in [4.78, 5) is 3.32. The van der Waals surface area contributed by atoms with Crippen molar-refractivity contribution in [1.82, 2.24) is 9.55 Å². The van der Waals surface area contributed by atoms with Gasteiger partial charge in [0.2, 0.25) is 0 Å². The van der Waals surface area contributed by atoms with Gasteiger partial charge >= 0.3 is 0 Å². The predicted octanol–water partition coefficient (Wildman–Crippen LogP) is 4.46. The Morgan fingerprint density at radius 1 is 1.42 bits per heavy atom. The standard InChI is InChI=1S/C15H20N2OS/c1-15(2)8-4-5-13(15)17-12-9-10(18-3)6-7-11(12)16-14(17)19/h6-7,9,13H,4-5,8H2,1-3H3,(H,16,19). The van der Waals surface area contributed by atoms with Crippen LogP contribution in [0.1, 0.15) is 39.2 Å². The Labute approximate surface area is 118 Å². The van der Waals surface area contributed by atoms with Crippen molar-refractivity contribution in [3.05, 3.63) is 23.0 Å². The molecule has 1 unspecified atom stereocenters. The van der Waals surface area contributed by atoms with E-state index in [1.807, 2.05) is 12.1 Å². The number of hydrogen-bond acceptors (Lipinski definition) is 2. The Balaban J connectivity index is 2.22. The summed E-state index contributed by atoms with van der Waals surface area (Å²) in [6.45, 7) is 4.68.